The van der Waals surface area contributed by atoms with Crippen LogP contribution in [0.2, 0.25) is 0 Å². The monoisotopic (exact) mass is 310 g/mol. The van der Waals surface area contributed by atoms with Crippen LogP contribution >= 0.6 is 0 Å². The molecule has 22 heavy (non-hydrogen) atoms. The van der Waals surface area contributed by atoms with Gasteiger partial charge < -0.3 is 14.9 Å². The zero-order valence-corrected chi connectivity index (χ0v) is 14.3. The van der Waals surface area contributed by atoms with E-state index in [-0.39, 0.29) is 29.8 Å². The molecule has 0 aliphatic carbocycles. The molecule has 1 aliphatic rings. The van der Waals surface area contributed by atoms with Crippen molar-refractivity contribution in [3.63, 3.8) is 0 Å². The number of aliphatic hydroxyl groups is 2. The normalized spacial score (nSPS) is 33.0. The van der Waals surface area contributed by atoms with Crippen molar-refractivity contribution in [1.82, 2.24) is 0 Å². The van der Waals surface area contributed by atoms with Crippen LogP contribution in [0.4, 0.5) is 0 Å². The molecule has 1 saturated heterocycles. The number of rotatable bonds is 6. The van der Waals surface area contributed by atoms with Crippen molar-refractivity contribution in [2.24, 2.45) is 11.8 Å². The van der Waals surface area contributed by atoms with E-state index >= 15 is 0 Å². The lowest BCUT2D eigenvalue weighted by molar-refractivity contribution is -0.132. The third-order valence-electron chi connectivity index (χ3n) is 4.52. The van der Waals surface area contributed by atoms with Gasteiger partial charge in [-0.25, -0.2) is 0 Å². The largest absolute Gasteiger partial charge is 0.393 e. The molecule has 1 unspecified atom stereocenters. The van der Waals surface area contributed by atoms with Gasteiger partial charge in [0.15, 0.2) is 0 Å². The van der Waals surface area contributed by atoms with Gasteiger partial charge in [-0.1, -0.05) is 32.1 Å². The summed E-state index contributed by atoms with van der Waals surface area (Å²) >= 11 is 0. The molecular formula is C18H30O4. The summed E-state index contributed by atoms with van der Waals surface area (Å²) < 4.78 is 5.93. The first kappa shape index (κ1) is 19.1. The molecule has 0 aromatic heterocycles. The molecule has 1 rings (SSSR count). The summed E-state index contributed by atoms with van der Waals surface area (Å²) in [6.45, 7) is 9.25. The van der Waals surface area contributed by atoms with Crippen molar-refractivity contribution in [2.75, 3.05) is 0 Å². The lowest BCUT2D eigenvalue weighted by atomic mass is 9.87. The van der Waals surface area contributed by atoms with Gasteiger partial charge in [0.1, 0.15) is 5.78 Å². The van der Waals surface area contributed by atoms with E-state index in [9.17, 15) is 15.0 Å². The van der Waals surface area contributed by atoms with E-state index in [2.05, 4.69) is 0 Å². The van der Waals surface area contributed by atoms with Gasteiger partial charge in [-0.05, 0) is 26.3 Å². The van der Waals surface area contributed by atoms with Crippen LogP contribution in [-0.4, -0.2) is 40.4 Å². The van der Waals surface area contributed by atoms with Gasteiger partial charge in [0, 0.05) is 24.7 Å². The molecule has 0 aromatic rings. The van der Waals surface area contributed by atoms with E-state index in [0.717, 1.165) is 5.57 Å². The summed E-state index contributed by atoms with van der Waals surface area (Å²) in [5.41, 5.74) is 0.934. The minimum absolute atomic E-state index is 0.0217. The lowest BCUT2D eigenvalue weighted by Crippen LogP contribution is -2.42. The van der Waals surface area contributed by atoms with Crippen LogP contribution in [-0.2, 0) is 9.53 Å². The molecule has 0 saturated carbocycles. The van der Waals surface area contributed by atoms with Gasteiger partial charge in [-0.3, -0.25) is 4.79 Å². The van der Waals surface area contributed by atoms with E-state index < -0.39 is 12.2 Å². The van der Waals surface area contributed by atoms with Gasteiger partial charge >= 0.3 is 0 Å². The van der Waals surface area contributed by atoms with Crippen LogP contribution in [0.15, 0.2) is 23.8 Å². The van der Waals surface area contributed by atoms with E-state index in [0.29, 0.717) is 12.8 Å². The summed E-state index contributed by atoms with van der Waals surface area (Å²) in [4.78, 5) is 11.3. The van der Waals surface area contributed by atoms with Gasteiger partial charge in [-0.15, -0.1) is 0 Å². The Balaban J connectivity index is 2.72. The standard InChI is InChI=1S/C18H30O4/c1-6-11(2)18(21)12(3)7-8-17-14(5)16(20)10-15(22-17)9-13(4)19/h6-8,12,14-18,20-21H,9-10H2,1-5H3/b8-7+,11-6+/t12?,14-,15-,16-,17+,18+/m0/s1. The van der Waals surface area contributed by atoms with Gasteiger partial charge in [0.2, 0.25) is 0 Å². The molecule has 0 bridgehead atoms. The summed E-state index contributed by atoms with van der Waals surface area (Å²) in [5.74, 6) is 0.0194. The van der Waals surface area contributed by atoms with Crippen molar-refractivity contribution >= 4 is 5.78 Å². The predicted octanol–water partition coefficient (Wildman–Crippen LogP) is 2.64. The van der Waals surface area contributed by atoms with Crippen molar-refractivity contribution in [3.8, 4) is 0 Å². The minimum Gasteiger partial charge on any atom is -0.393 e. The lowest BCUT2D eigenvalue weighted by Gasteiger charge is -2.37. The Kier molecular flexibility index (Phi) is 7.46. The molecule has 1 aliphatic heterocycles. The molecular weight excluding hydrogens is 280 g/mol. The van der Waals surface area contributed by atoms with Gasteiger partial charge in [-0.2, -0.15) is 0 Å². The summed E-state index contributed by atoms with van der Waals surface area (Å²) in [6, 6.07) is 0. The Bertz CT molecular complexity index is 427. The highest BCUT2D eigenvalue weighted by Crippen LogP contribution is 2.28. The Labute approximate surface area is 133 Å². The number of aliphatic hydroxyl groups excluding tert-OH is 2. The van der Waals surface area contributed by atoms with Crippen LogP contribution in [0.3, 0.4) is 0 Å². The molecule has 0 radical (unpaired) electrons. The van der Waals surface area contributed by atoms with E-state index in [4.69, 9.17) is 4.74 Å². The average molecular weight is 310 g/mol. The van der Waals surface area contributed by atoms with Crippen LogP contribution in [0, 0.1) is 11.8 Å². The van der Waals surface area contributed by atoms with Crippen molar-refractivity contribution in [3.05, 3.63) is 23.8 Å². The topological polar surface area (TPSA) is 66.8 Å². The van der Waals surface area contributed by atoms with Crippen molar-refractivity contribution < 1.29 is 19.7 Å². The fourth-order valence-corrected chi connectivity index (χ4v) is 2.75. The van der Waals surface area contributed by atoms with Crippen molar-refractivity contribution in [2.45, 2.75) is 71.9 Å². The maximum absolute atomic E-state index is 11.3. The van der Waals surface area contributed by atoms with Gasteiger partial charge in [0.25, 0.3) is 0 Å². The second-order valence-electron chi connectivity index (χ2n) is 6.51. The highest BCUT2D eigenvalue weighted by Gasteiger charge is 2.34. The first-order valence-corrected chi connectivity index (χ1v) is 8.08. The fraction of sp³-hybridized carbons (Fsp3) is 0.722. The molecule has 4 nitrogen and oxygen atoms in total. The molecule has 1 heterocycles. The Morgan fingerprint density at radius 1 is 1.41 bits per heavy atom. The Morgan fingerprint density at radius 2 is 2.05 bits per heavy atom. The minimum atomic E-state index is -0.516. The average Bonchev–Trinajstić information content (AvgIpc) is 2.46. The highest BCUT2D eigenvalue weighted by molar-refractivity contribution is 5.76. The van der Waals surface area contributed by atoms with Crippen LogP contribution in [0.1, 0.15) is 47.5 Å². The van der Waals surface area contributed by atoms with Gasteiger partial charge in [0.05, 0.1) is 24.4 Å². The highest BCUT2D eigenvalue weighted by atomic mass is 16.5. The SMILES string of the molecule is C/C=C(\C)[C@@H](O)C(C)/C=C/[C@H]1O[C@@H](CC(C)=O)C[C@H](O)[C@@H]1C. The smallest absolute Gasteiger partial charge is 0.132 e. The third kappa shape index (κ3) is 5.34. The number of ketones is 1. The van der Waals surface area contributed by atoms with E-state index in [1.54, 1.807) is 0 Å². The molecule has 4 heteroatoms. The van der Waals surface area contributed by atoms with Crippen molar-refractivity contribution in [1.29, 1.82) is 0 Å². The summed E-state index contributed by atoms with van der Waals surface area (Å²) in [6.07, 6.45) is 5.15. The first-order chi connectivity index (χ1) is 10.3. The zero-order valence-electron chi connectivity index (χ0n) is 14.3. The summed E-state index contributed by atoms with van der Waals surface area (Å²) in [5, 5.41) is 20.3. The predicted molar refractivity (Wildman–Crippen MR) is 87.5 cm³/mol. The number of ether oxygens (including phenoxy) is 1. The first-order valence-electron chi connectivity index (χ1n) is 8.08. The number of hydrogen-bond acceptors (Lipinski definition) is 4. The number of Topliss-reactive ketones (excluding diaryl/α,β-unsaturated/α-hetero) is 1. The number of hydrogen-bond donors (Lipinski definition) is 2. The quantitative estimate of drug-likeness (QED) is 0.740. The molecule has 0 spiro atoms. The molecule has 0 amide bonds. The third-order valence-corrected chi connectivity index (χ3v) is 4.52. The number of carbonyl (C=O) groups excluding carboxylic acids is 1. The molecule has 2 N–H and O–H groups in total. The second-order valence-corrected chi connectivity index (χ2v) is 6.51. The van der Waals surface area contributed by atoms with Crippen LogP contribution < -0.4 is 0 Å². The Hall–Kier alpha value is -0.970. The molecule has 1 fully saturated rings. The fourth-order valence-electron chi connectivity index (χ4n) is 2.75. The molecule has 0 aromatic carbocycles. The van der Waals surface area contributed by atoms with Crippen LogP contribution in [0.25, 0.3) is 0 Å². The number of allylic oxidation sites excluding steroid dienone is 1. The zero-order chi connectivity index (χ0) is 16.9. The van der Waals surface area contributed by atoms with E-state index in [1.807, 2.05) is 45.9 Å². The van der Waals surface area contributed by atoms with Crippen LogP contribution in [0.5, 0.6) is 0 Å². The number of carbonyl (C=O) groups is 1. The maximum atomic E-state index is 11.3. The van der Waals surface area contributed by atoms with E-state index in [1.165, 1.54) is 6.92 Å². The molecule has 126 valence electrons. The maximum Gasteiger partial charge on any atom is 0.132 e. The molecule has 6 atom stereocenters. The Morgan fingerprint density at radius 3 is 2.59 bits per heavy atom. The second kappa shape index (κ2) is 8.61. The summed E-state index contributed by atoms with van der Waals surface area (Å²) in [7, 11) is 0.